The van der Waals surface area contributed by atoms with Crippen LogP contribution in [0.5, 0.6) is 0 Å². The lowest BCUT2D eigenvalue weighted by molar-refractivity contribution is 0.609. The van der Waals surface area contributed by atoms with Crippen molar-refractivity contribution in [1.29, 1.82) is 0 Å². The van der Waals surface area contributed by atoms with E-state index in [1.807, 2.05) is 0 Å². The van der Waals surface area contributed by atoms with E-state index in [0.717, 1.165) is 0 Å². The van der Waals surface area contributed by atoms with Crippen LogP contribution in [0.3, 0.4) is 0 Å². The molecular weight excluding hydrogens is 289 g/mol. The maximum Gasteiger partial charge on any atom is 0.263 e. The third kappa shape index (κ3) is 2.38. The molecule has 0 spiro atoms. The summed E-state index contributed by atoms with van der Waals surface area (Å²) in [6, 6.07) is 6.33. The fourth-order valence-corrected chi connectivity index (χ4v) is 3.34. The highest BCUT2D eigenvalue weighted by Crippen LogP contribution is 2.34. The van der Waals surface area contributed by atoms with Crippen LogP contribution in [0.2, 0.25) is 4.34 Å². The summed E-state index contributed by atoms with van der Waals surface area (Å²) in [5.74, 6) is 0. The van der Waals surface area contributed by atoms with E-state index in [2.05, 4.69) is 4.98 Å². The van der Waals surface area contributed by atoms with Crippen molar-refractivity contribution in [2.75, 3.05) is 0 Å². The molecule has 0 atom stereocenters. The molecule has 0 bridgehead atoms. The Bertz CT molecular complexity index is 622. The normalized spacial score (nSPS) is 11.6. The molecule has 0 aliphatic carbocycles. The average Bonchev–Trinajstić information content (AvgIpc) is 2.64. The van der Waals surface area contributed by atoms with Gasteiger partial charge in [0.25, 0.3) is 9.05 Å². The first-order chi connectivity index (χ1) is 7.48. The summed E-state index contributed by atoms with van der Waals surface area (Å²) in [4.78, 5) is 4.68. The second kappa shape index (κ2) is 4.33. The Morgan fingerprint density at radius 3 is 2.56 bits per heavy atom. The van der Waals surface area contributed by atoms with Crippen LogP contribution in [0.25, 0.3) is 10.6 Å². The second-order valence-electron chi connectivity index (χ2n) is 2.89. The van der Waals surface area contributed by atoms with Gasteiger partial charge >= 0.3 is 0 Å². The number of thiophene rings is 1. The van der Waals surface area contributed by atoms with Gasteiger partial charge in [-0.25, -0.2) is 8.42 Å². The Morgan fingerprint density at radius 1 is 1.25 bits per heavy atom. The van der Waals surface area contributed by atoms with E-state index >= 15 is 0 Å². The van der Waals surface area contributed by atoms with E-state index in [4.69, 9.17) is 22.3 Å². The molecule has 0 N–H and O–H groups in total. The molecule has 7 heteroatoms. The zero-order valence-electron chi connectivity index (χ0n) is 7.72. The number of rotatable bonds is 2. The maximum absolute atomic E-state index is 11.3. The molecule has 2 heterocycles. The Morgan fingerprint density at radius 2 is 2.00 bits per heavy atom. The van der Waals surface area contributed by atoms with Gasteiger partial charge in [-0.1, -0.05) is 11.6 Å². The molecule has 84 valence electrons. The van der Waals surface area contributed by atoms with Gasteiger partial charge in [0.2, 0.25) is 0 Å². The molecule has 0 amide bonds. The first-order valence-electron chi connectivity index (χ1n) is 4.14. The van der Waals surface area contributed by atoms with E-state index in [0.29, 0.717) is 14.9 Å². The lowest BCUT2D eigenvalue weighted by Gasteiger charge is -2.02. The highest BCUT2D eigenvalue weighted by atomic mass is 35.7. The molecule has 0 aromatic carbocycles. The minimum Gasteiger partial charge on any atom is -0.254 e. The predicted octanol–water partition coefficient (Wildman–Crippen LogP) is 3.39. The molecular formula is C9H5Cl2NO2S2. The summed E-state index contributed by atoms with van der Waals surface area (Å²) in [5, 5.41) is 0. The number of pyridine rings is 1. The molecule has 16 heavy (non-hydrogen) atoms. The van der Waals surface area contributed by atoms with Crippen LogP contribution in [-0.2, 0) is 9.05 Å². The van der Waals surface area contributed by atoms with Gasteiger partial charge < -0.3 is 0 Å². The lowest BCUT2D eigenvalue weighted by atomic mass is 10.3. The lowest BCUT2D eigenvalue weighted by Crippen LogP contribution is -1.95. The van der Waals surface area contributed by atoms with Gasteiger partial charge in [0.1, 0.15) is 10.6 Å². The minimum absolute atomic E-state index is 0.00446. The second-order valence-corrected chi connectivity index (χ2v) is 7.14. The van der Waals surface area contributed by atoms with Crippen LogP contribution in [0, 0.1) is 0 Å². The van der Waals surface area contributed by atoms with Crippen LogP contribution in [-0.4, -0.2) is 13.4 Å². The fraction of sp³-hybridized carbons (Fsp3) is 0. The third-order valence-electron chi connectivity index (χ3n) is 1.84. The fourth-order valence-electron chi connectivity index (χ4n) is 1.21. The third-order valence-corrected chi connectivity index (χ3v) is 4.43. The van der Waals surface area contributed by atoms with Crippen molar-refractivity contribution in [3.05, 3.63) is 34.8 Å². The zero-order chi connectivity index (χ0) is 11.8. The first kappa shape index (κ1) is 11.9. The summed E-state index contributed by atoms with van der Waals surface area (Å²) in [5.41, 5.74) is 0.328. The smallest absolute Gasteiger partial charge is 0.254 e. The SMILES string of the molecule is O=S(=O)(Cl)c1cccnc1-c1ccc(Cl)s1. The van der Waals surface area contributed by atoms with E-state index < -0.39 is 9.05 Å². The van der Waals surface area contributed by atoms with Crippen molar-refractivity contribution >= 4 is 42.7 Å². The zero-order valence-corrected chi connectivity index (χ0v) is 10.9. The number of hydrogen-bond donors (Lipinski definition) is 0. The highest BCUT2D eigenvalue weighted by molar-refractivity contribution is 8.13. The quantitative estimate of drug-likeness (QED) is 0.798. The summed E-state index contributed by atoms with van der Waals surface area (Å²) in [7, 11) is 1.53. The molecule has 0 fully saturated rings. The van der Waals surface area contributed by atoms with Crippen LogP contribution >= 0.6 is 33.6 Å². The van der Waals surface area contributed by atoms with Gasteiger partial charge in [0.15, 0.2) is 0 Å². The topological polar surface area (TPSA) is 47.0 Å². The van der Waals surface area contributed by atoms with E-state index in [9.17, 15) is 8.42 Å². The highest BCUT2D eigenvalue weighted by Gasteiger charge is 2.18. The molecule has 0 unspecified atom stereocenters. The molecule has 2 aromatic rings. The van der Waals surface area contributed by atoms with Gasteiger partial charge in [0.05, 0.1) is 9.21 Å². The van der Waals surface area contributed by atoms with Gasteiger partial charge in [-0.2, -0.15) is 0 Å². The van der Waals surface area contributed by atoms with Gasteiger partial charge in [-0.3, -0.25) is 4.98 Å². The standard InChI is InChI=1S/C9H5Cl2NO2S2/c10-8-4-3-6(15-8)9-7(16(11,13)14)2-1-5-12-9/h1-5H. The van der Waals surface area contributed by atoms with E-state index in [1.54, 1.807) is 12.1 Å². The monoisotopic (exact) mass is 293 g/mol. The van der Waals surface area contributed by atoms with Gasteiger partial charge in [-0.15, -0.1) is 11.3 Å². The maximum atomic E-state index is 11.3. The van der Waals surface area contributed by atoms with Crippen molar-refractivity contribution in [2.24, 2.45) is 0 Å². The van der Waals surface area contributed by atoms with Crippen LogP contribution < -0.4 is 0 Å². The summed E-state index contributed by atoms with van der Waals surface area (Å²) in [6.45, 7) is 0. The molecule has 3 nitrogen and oxygen atoms in total. The summed E-state index contributed by atoms with van der Waals surface area (Å²) in [6.07, 6.45) is 1.51. The van der Waals surface area contributed by atoms with Crippen LogP contribution in [0.1, 0.15) is 0 Å². The number of halogens is 2. The van der Waals surface area contributed by atoms with Gasteiger partial charge in [-0.05, 0) is 24.3 Å². The Hall–Kier alpha value is -0.620. The van der Waals surface area contributed by atoms with E-state index in [-0.39, 0.29) is 4.90 Å². The van der Waals surface area contributed by atoms with Crippen molar-refractivity contribution in [2.45, 2.75) is 4.90 Å². The molecule has 0 saturated heterocycles. The van der Waals surface area contributed by atoms with Crippen molar-refractivity contribution in [1.82, 2.24) is 4.98 Å². The van der Waals surface area contributed by atoms with Crippen LogP contribution in [0.4, 0.5) is 0 Å². The molecule has 0 aliphatic rings. The van der Waals surface area contributed by atoms with Crippen LogP contribution in [0.15, 0.2) is 35.4 Å². The Balaban J connectivity index is 2.66. The molecule has 0 aliphatic heterocycles. The molecule has 2 rings (SSSR count). The Labute approximate surface area is 106 Å². The van der Waals surface area contributed by atoms with Crippen molar-refractivity contribution in [3.8, 4) is 10.6 Å². The van der Waals surface area contributed by atoms with E-state index in [1.165, 1.54) is 29.7 Å². The first-order valence-corrected chi connectivity index (χ1v) is 7.64. The van der Waals surface area contributed by atoms with Crippen molar-refractivity contribution in [3.63, 3.8) is 0 Å². The summed E-state index contributed by atoms with van der Waals surface area (Å²) >= 11 is 7.04. The largest absolute Gasteiger partial charge is 0.263 e. The minimum atomic E-state index is -3.80. The molecule has 0 radical (unpaired) electrons. The van der Waals surface area contributed by atoms with Crippen molar-refractivity contribution < 1.29 is 8.42 Å². The summed E-state index contributed by atoms with van der Waals surface area (Å²) < 4.78 is 23.2. The molecule has 2 aromatic heterocycles. The van der Waals surface area contributed by atoms with Gasteiger partial charge in [0, 0.05) is 16.9 Å². The number of hydrogen-bond acceptors (Lipinski definition) is 4. The number of nitrogens with zero attached hydrogens (tertiary/aromatic N) is 1. The average molecular weight is 294 g/mol. The molecule has 0 saturated carbocycles. The predicted molar refractivity (Wildman–Crippen MR) is 65.6 cm³/mol. The Kier molecular flexibility index (Phi) is 3.21. The number of aromatic nitrogens is 1.